The van der Waals surface area contributed by atoms with Crippen LogP contribution in [0.2, 0.25) is 10.0 Å². The lowest BCUT2D eigenvalue weighted by Gasteiger charge is -2.16. The van der Waals surface area contributed by atoms with Gasteiger partial charge in [0.15, 0.2) is 0 Å². The van der Waals surface area contributed by atoms with Gasteiger partial charge in [-0.1, -0.05) is 34.6 Å². The first-order valence-electron chi connectivity index (χ1n) is 6.20. The Labute approximate surface area is 135 Å². The van der Waals surface area contributed by atoms with Crippen molar-refractivity contribution in [2.24, 2.45) is 0 Å². The van der Waals surface area contributed by atoms with Gasteiger partial charge < -0.3 is 5.32 Å². The molecule has 1 N–H and O–H groups in total. The molecule has 0 spiro atoms. The lowest BCUT2D eigenvalue weighted by atomic mass is 10.1. The fourth-order valence-corrected chi connectivity index (χ4v) is 3.02. The van der Waals surface area contributed by atoms with Crippen LogP contribution in [0, 0.1) is 5.82 Å². The van der Waals surface area contributed by atoms with Gasteiger partial charge in [0.2, 0.25) is 0 Å². The van der Waals surface area contributed by atoms with Crippen LogP contribution in [0.15, 0.2) is 12.1 Å². The number of nitrogens with zero attached hydrogens (tertiary/aromatic N) is 2. The molecule has 1 heterocycles. The van der Waals surface area contributed by atoms with Crippen molar-refractivity contribution in [3.8, 4) is 0 Å². The van der Waals surface area contributed by atoms with E-state index < -0.39 is 11.9 Å². The Balaban J connectivity index is 2.20. The largest absolute Gasteiger partial charge is 0.345 e. The number of benzene rings is 1. The van der Waals surface area contributed by atoms with E-state index in [1.54, 1.807) is 6.92 Å². The van der Waals surface area contributed by atoms with Crippen LogP contribution in [0.5, 0.6) is 0 Å². The summed E-state index contributed by atoms with van der Waals surface area (Å²) in [6.07, 6.45) is 0.615. The van der Waals surface area contributed by atoms with E-state index in [2.05, 4.69) is 14.9 Å². The SMILES string of the molecule is CCc1nnsc1C(=O)NC(C)c1cc(F)c(Cl)cc1Cl. The van der Waals surface area contributed by atoms with Gasteiger partial charge in [0.25, 0.3) is 5.91 Å². The Hall–Kier alpha value is -1.24. The van der Waals surface area contributed by atoms with Crippen molar-refractivity contribution in [3.05, 3.63) is 44.1 Å². The molecule has 2 rings (SSSR count). The molecule has 2 aromatic rings. The molecule has 1 aromatic heterocycles. The second kappa shape index (κ2) is 6.68. The molecule has 0 fully saturated rings. The summed E-state index contributed by atoms with van der Waals surface area (Å²) in [5, 5.41) is 6.89. The van der Waals surface area contributed by atoms with Gasteiger partial charge in [0, 0.05) is 5.02 Å². The van der Waals surface area contributed by atoms with Crippen LogP contribution in [-0.2, 0) is 6.42 Å². The predicted molar refractivity (Wildman–Crippen MR) is 81.6 cm³/mol. The molecular weight excluding hydrogens is 336 g/mol. The lowest BCUT2D eigenvalue weighted by Crippen LogP contribution is -2.27. The van der Waals surface area contributed by atoms with Crippen molar-refractivity contribution < 1.29 is 9.18 Å². The maximum absolute atomic E-state index is 13.5. The normalized spacial score (nSPS) is 12.2. The third-order valence-electron chi connectivity index (χ3n) is 2.95. The standard InChI is InChI=1S/C13H12Cl2FN3OS/c1-3-11-12(21-19-18-11)13(20)17-6(2)7-4-10(16)9(15)5-8(7)14/h4-6H,3H2,1-2H3,(H,17,20). The number of rotatable bonds is 4. The van der Waals surface area contributed by atoms with E-state index in [9.17, 15) is 9.18 Å². The molecule has 0 saturated carbocycles. The Bertz CT molecular complexity index is 677. The second-order valence-corrected chi connectivity index (χ2v) is 5.95. The summed E-state index contributed by atoms with van der Waals surface area (Å²) < 4.78 is 17.3. The Kier molecular flexibility index (Phi) is 5.13. The minimum absolute atomic E-state index is 0.0535. The first-order valence-corrected chi connectivity index (χ1v) is 7.73. The summed E-state index contributed by atoms with van der Waals surface area (Å²) in [4.78, 5) is 12.6. The van der Waals surface area contributed by atoms with E-state index in [1.165, 1.54) is 12.1 Å². The van der Waals surface area contributed by atoms with Crippen molar-refractivity contribution in [2.45, 2.75) is 26.3 Å². The van der Waals surface area contributed by atoms with E-state index in [-0.39, 0.29) is 10.9 Å². The number of carbonyl (C=O) groups is 1. The molecule has 0 bridgehead atoms. The number of aryl methyl sites for hydroxylation is 1. The van der Waals surface area contributed by atoms with Crippen LogP contribution in [0.4, 0.5) is 4.39 Å². The van der Waals surface area contributed by atoms with Crippen LogP contribution < -0.4 is 5.32 Å². The second-order valence-electron chi connectivity index (χ2n) is 4.39. The molecule has 8 heteroatoms. The number of hydrogen-bond donors (Lipinski definition) is 1. The van der Waals surface area contributed by atoms with E-state index in [4.69, 9.17) is 23.2 Å². The van der Waals surface area contributed by atoms with Crippen molar-refractivity contribution in [1.29, 1.82) is 0 Å². The summed E-state index contributed by atoms with van der Waals surface area (Å²) >= 11 is 12.7. The fraction of sp³-hybridized carbons (Fsp3) is 0.308. The Morgan fingerprint density at radius 2 is 2.14 bits per heavy atom. The van der Waals surface area contributed by atoms with Crippen molar-refractivity contribution in [2.75, 3.05) is 0 Å². The smallest absolute Gasteiger partial charge is 0.265 e. The van der Waals surface area contributed by atoms with Gasteiger partial charge in [0.05, 0.1) is 16.8 Å². The molecule has 0 aliphatic rings. The highest BCUT2D eigenvalue weighted by atomic mass is 35.5. The van der Waals surface area contributed by atoms with Gasteiger partial charge in [-0.05, 0) is 42.6 Å². The van der Waals surface area contributed by atoms with E-state index >= 15 is 0 Å². The van der Waals surface area contributed by atoms with Gasteiger partial charge in [0.1, 0.15) is 10.7 Å². The van der Waals surface area contributed by atoms with Crippen LogP contribution in [0.1, 0.15) is 40.8 Å². The van der Waals surface area contributed by atoms with E-state index in [0.29, 0.717) is 27.6 Å². The average Bonchev–Trinajstić information content (AvgIpc) is 2.91. The molecule has 0 aliphatic carbocycles. The summed E-state index contributed by atoms with van der Waals surface area (Å²) in [6, 6.07) is 2.08. The zero-order valence-electron chi connectivity index (χ0n) is 11.3. The minimum Gasteiger partial charge on any atom is -0.345 e. The van der Waals surface area contributed by atoms with Gasteiger partial charge in [-0.15, -0.1) is 5.10 Å². The van der Waals surface area contributed by atoms with Crippen LogP contribution in [0.25, 0.3) is 0 Å². The van der Waals surface area contributed by atoms with Gasteiger partial charge in [-0.2, -0.15) is 0 Å². The number of amides is 1. The lowest BCUT2D eigenvalue weighted by molar-refractivity contribution is 0.0943. The first kappa shape index (κ1) is 16.1. The number of carbonyl (C=O) groups excluding carboxylic acids is 1. The number of nitrogens with one attached hydrogen (secondary N) is 1. The molecule has 0 aliphatic heterocycles. The molecule has 0 radical (unpaired) electrons. The van der Waals surface area contributed by atoms with E-state index in [0.717, 1.165) is 11.5 Å². The van der Waals surface area contributed by atoms with Gasteiger partial charge in [-0.25, -0.2) is 4.39 Å². The van der Waals surface area contributed by atoms with Crippen molar-refractivity contribution in [3.63, 3.8) is 0 Å². The molecule has 1 atom stereocenters. The number of hydrogen-bond acceptors (Lipinski definition) is 4. The van der Waals surface area contributed by atoms with Gasteiger partial charge in [-0.3, -0.25) is 4.79 Å². The minimum atomic E-state index is -0.578. The molecule has 1 aromatic carbocycles. The molecule has 0 saturated heterocycles. The average molecular weight is 348 g/mol. The Morgan fingerprint density at radius 1 is 1.43 bits per heavy atom. The van der Waals surface area contributed by atoms with Crippen molar-refractivity contribution >= 4 is 40.6 Å². The first-order chi connectivity index (χ1) is 9.93. The Morgan fingerprint density at radius 3 is 2.81 bits per heavy atom. The monoisotopic (exact) mass is 347 g/mol. The zero-order chi connectivity index (χ0) is 15.6. The van der Waals surface area contributed by atoms with Crippen molar-refractivity contribution in [1.82, 2.24) is 14.9 Å². The molecular formula is C13H12Cl2FN3OS. The zero-order valence-corrected chi connectivity index (χ0v) is 13.6. The topological polar surface area (TPSA) is 54.9 Å². The van der Waals surface area contributed by atoms with Crippen LogP contribution in [0.3, 0.4) is 0 Å². The third-order valence-corrected chi connectivity index (χ3v) is 4.33. The maximum Gasteiger partial charge on any atom is 0.265 e. The fourth-order valence-electron chi connectivity index (χ4n) is 1.82. The number of aromatic nitrogens is 2. The quantitative estimate of drug-likeness (QED) is 0.849. The number of halogens is 3. The summed E-state index contributed by atoms with van der Waals surface area (Å²) in [7, 11) is 0. The summed E-state index contributed by atoms with van der Waals surface area (Å²) in [6.45, 7) is 3.61. The third kappa shape index (κ3) is 3.51. The molecule has 1 amide bonds. The summed E-state index contributed by atoms with van der Waals surface area (Å²) in [5.41, 5.74) is 1.10. The molecule has 4 nitrogen and oxygen atoms in total. The van der Waals surface area contributed by atoms with Crippen LogP contribution >= 0.6 is 34.7 Å². The predicted octanol–water partition coefficient (Wildman–Crippen LogP) is 4.04. The highest BCUT2D eigenvalue weighted by Gasteiger charge is 2.20. The highest BCUT2D eigenvalue weighted by Crippen LogP contribution is 2.29. The van der Waals surface area contributed by atoms with Crippen LogP contribution in [-0.4, -0.2) is 15.5 Å². The molecule has 21 heavy (non-hydrogen) atoms. The molecule has 112 valence electrons. The van der Waals surface area contributed by atoms with E-state index in [1.807, 2.05) is 6.92 Å². The maximum atomic E-state index is 13.5. The highest BCUT2D eigenvalue weighted by molar-refractivity contribution is 7.08. The molecule has 1 unspecified atom stereocenters. The summed E-state index contributed by atoms with van der Waals surface area (Å²) in [5.74, 6) is -0.883. The van der Waals surface area contributed by atoms with Gasteiger partial charge >= 0.3 is 0 Å².